The lowest BCUT2D eigenvalue weighted by Gasteiger charge is -2.30. The van der Waals surface area contributed by atoms with Crippen LogP contribution in [0.4, 0.5) is 4.79 Å². The number of aliphatic hydroxyl groups is 1. The van der Waals surface area contributed by atoms with E-state index >= 15 is 0 Å². The fraction of sp³-hybridized carbons (Fsp3) is 0.941. The number of alkyl carbamates (subject to hydrolysis) is 1. The molecule has 1 unspecified atom stereocenters. The molecule has 3 N–H and O–H groups in total. The normalized spacial score (nSPS) is 23.3. The van der Waals surface area contributed by atoms with Crippen molar-refractivity contribution in [3.8, 4) is 0 Å². The molecule has 0 aromatic heterocycles. The zero-order valence-electron chi connectivity index (χ0n) is 15.1. The standard InChI is InChI=1S/C17H34N2O4/c1-17(2,3)23-16(21)18-11-5-6-14(12-22-4)19-13-7-9-15(20)10-8-13/h13-15,19-20H,5-12H2,1-4H3,(H,18,21). The van der Waals surface area contributed by atoms with Crippen LogP contribution < -0.4 is 10.6 Å². The first-order valence-electron chi connectivity index (χ1n) is 8.70. The molecule has 1 fully saturated rings. The maximum atomic E-state index is 11.6. The van der Waals surface area contributed by atoms with Gasteiger partial charge in [0.1, 0.15) is 5.60 Å². The van der Waals surface area contributed by atoms with E-state index in [1.165, 1.54) is 0 Å². The van der Waals surface area contributed by atoms with Gasteiger partial charge in [0.2, 0.25) is 0 Å². The van der Waals surface area contributed by atoms with Crippen LogP contribution in [0.15, 0.2) is 0 Å². The third-order valence-corrected chi connectivity index (χ3v) is 3.93. The number of hydrogen-bond acceptors (Lipinski definition) is 5. The second-order valence-electron chi connectivity index (χ2n) is 7.40. The monoisotopic (exact) mass is 330 g/mol. The summed E-state index contributed by atoms with van der Waals surface area (Å²) >= 11 is 0. The summed E-state index contributed by atoms with van der Waals surface area (Å²) in [4.78, 5) is 11.6. The van der Waals surface area contributed by atoms with Gasteiger partial charge in [0.05, 0.1) is 12.7 Å². The Hall–Kier alpha value is -0.850. The van der Waals surface area contributed by atoms with Gasteiger partial charge in [-0.05, 0) is 59.3 Å². The van der Waals surface area contributed by atoms with Crippen molar-refractivity contribution in [1.82, 2.24) is 10.6 Å². The predicted octanol–water partition coefficient (Wildman–Crippen LogP) is 2.20. The van der Waals surface area contributed by atoms with Gasteiger partial charge in [-0.1, -0.05) is 0 Å². The van der Waals surface area contributed by atoms with Crippen molar-refractivity contribution in [1.29, 1.82) is 0 Å². The first-order valence-corrected chi connectivity index (χ1v) is 8.70. The van der Waals surface area contributed by atoms with Crippen molar-refractivity contribution in [2.75, 3.05) is 20.3 Å². The second-order valence-corrected chi connectivity index (χ2v) is 7.40. The number of hydrogen-bond donors (Lipinski definition) is 3. The minimum atomic E-state index is -0.463. The molecule has 136 valence electrons. The molecule has 0 radical (unpaired) electrons. The minimum Gasteiger partial charge on any atom is -0.444 e. The highest BCUT2D eigenvalue weighted by Gasteiger charge is 2.22. The van der Waals surface area contributed by atoms with Gasteiger partial charge >= 0.3 is 6.09 Å². The molecule has 23 heavy (non-hydrogen) atoms. The van der Waals surface area contributed by atoms with Gasteiger partial charge in [-0.2, -0.15) is 0 Å². The van der Waals surface area contributed by atoms with E-state index in [4.69, 9.17) is 9.47 Å². The Balaban J connectivity index is 2.21. The Morgan fingerprint density at radius 2 is 1.91 bits per heavy atom. The summed E-state index contributed by atoms with van der Waals surface area (Å²) in [7, 11) is 1.71. The molecule has 0 aromatic carbocycles. The average molecular weight is 330 g/mol. The molecular formula is C17H34N2O4. The Morgan fingerprint density at radius 3 is 2.48 bits per heavy atom. The number of amides is 1. The number of ether oxygens (including phenoxy) is 2. The average Bonchev–Trinajstić information content (AvgIpc) is 2.44. The van der Waals surface area contributed by atoms with Gasteiger partial charge in [0.15, 0.2) is 0 Å². The first-order chi connectivity index (χ1) is 10.8. The SMILES string of the molecule is COCC(CCCNC(=O)OC(C)(C)C)NC1CCC(O)CC1. The van der Waals surface area contributed by atoms with Crippen molar-refractivity contribution in [3.05, 3.63) is 0 Å². The quantitative estimate of drug-likeness (QED) is 0.595. The Bertz CT molecular complexity index is 336. The first kappa shape index (κ1) is 20.2. The van der Waals surface area contributed by atoms with Crippen LogP contribution in [0.25, 0.3) is 0 Å². The molecule has 0 bridgehead atoms. The molecule has 1 aliphatic rings. The highest BCUT2D eigenvalue weighted by Crippen LogP contribution is 2.19. The van der Waals surface area contributed by atoms with Crippen molar-refractivity contribution in [3.63, 3.8) is 0 Å². The number of carbonyl (C=O) groups excluding carboxylic acids is 1. The van der Waals surface area contributed by atoms with E-state index < -0.39 is 5.60 Å². The highest BCUT2D eigenvalue weighted by atomic mass is 16.6. The molecule has 1 saturated carbocycles. The van der Waals surface area contributed by atoms with Crippen LogP contribution in [0.1, 0.15) is 59.3 Å². The van der Waals surface area contributed by atoms with Crippen LogP contribution in [0.2, 0.25) is 0 Å². The third-order valence-electron chi connectivity index (χ3n) is 3.93. The summed E-state index contributed by atoms with van der Waals surface area (Å²) in [6.45, 7) is 6.82. The van der Waals surface area contributed by atoms with Gasteiger partial charge in [-0.3, -0.25) is 0 Å². The van der Waals surface area contributed by atoms with E-state index in [9.17, 15) is 9.90 Å². The third kappa shape index (κ3) is 9.79. The number of carbonyl (C=O) groups is 1. The van der Waals surface area contributed by atoms with E-state index in [-0.39, 0.29) is 18.2 Å². The Labute approximate surface area is 140 Å². The number of methoxy groups -OCH3 is 1. The van der Waals surface area contributed by atoms with Gasteiger partial charge in [-0.25, -0.2) is 4.79 Å². The largest absolute Gasteiger partial charge is 0.444 e. The molecule has 0 saturated heterocycles. The molecule has 6 nitrogen and oxygen atoms in total. The van der Waals surface area contributed by atoms with Crippen LogP contribution in [-0.2, 0) is 9.47 Å². The van der Waals surface area contributed by atoms with Gasteiger partial charge in [-0.15, -0.1) is 0 Å². The molecule has 1 amide bonds. The maximum absolute atomic E-state index is 11.6. The smallest absolute Gasteiger partial charge is 0.407 e. The summed E-state index contributed by atoms with van der Waals surface area (Å²) in [6.07, 6.45) is 5.07. The van der Waals surface area contributed by atoms with Crippen LogP contribution in [0.3, 0.4) is 0 Å². The molecule has 0 aliphatic heterocycles. The van der Waals surface area contributed by atoms with E-state index in [2.05, 4.69) is 10.6 Å². The zero-order chi connectivity index (χ0) is 17.3. The van der Waals surface area contributed by atoms with Gasteiger partial charge < -0.3 is 25.2 Å². The van der Waals surface area contributed by atoms with E-state index in [1.54, 1.807) is 7.11 Å². The van der Waals surface area contributed by atoms with Crippen molar-refractivity contribution < 1.29 is 19.4 Å². The molecule has 0 heterocycles. The predicted molar refractivity (Wildman–Crippen MR) is 90.5 cm³/mol. The van der Waals surface area contributed by atoms with E-state index in [0.29, 0.717) is 19.2 Å². The minimum absolute atomic E-state index is 0.132. The fourth-order valence-electron chi connectivity index (χ4n) is 2.84. The summed E-state index contributed by atoms with van der Waals surface area (Å²) in [5, 5.41) is 16.0. The van der Waals surface area contributed by atoms with Crippen molar-refractivity contribution >= 4 is 6.09 Å². The number of nitrogens with one attached hydrogen (secondary N) is 2. The molecule has 1 rings (SSSR count). The Kier molecular flexibility index (Phi) is 8.87. The lowest BCUT2D eigenvalue weighted by molar-refractivity contribution is 0.0525. The fourth-order valence-corrected chi connectivity index (χ4v) is 2.84. The van der Waals surface area contributed by atoms with Gasteiger partial charge in [0, 0.05) is 25.7 Å². The zero-order valence-corrected chi connectivity index (χ0v) is 15.1. The summed E-state index contributed by atoms with van der Waals surface area (Å²) < 4.78 is 10.5. The van der Waals surface area contributed by atoms with Crippen molar-refractivity contribution in [2.45, 2.75) is 83.1 Å². The molecule has 1 aliphatic carbocycles. The molecule has 0 spiro atoms. The number of rotatable bonds is 8. The highest BCUT2D eigenvalue weighted by molar-refractivity contribution is 5.67. The van der Waals surface area contributed by atoms with Crippen LogP contribution in [0.5, 0.6) is 0 Å². The topological polar surface area (TPSA) is 79.8 Å². The van der Waals surface area contributed by atoms with E-state index in [1.807, 2.05) is 20.8 Å². The van der Waals surface area contributed by atoms with Gasteiger partial charge in [0.25, 0.3) is 0 Å². The van der Waals surface area contributed by atoms with Crippen LogP contribution >= 0.6 is 0 Å². The molecule has 1 atom stereocenters. The van der Waals surface area contributed by atoms with E-state index in [0.717, 1.165) is 38.5 Å². The second kappa shape index (κ2) is 10.1. The lowest BCUT2D eigenvalue weighted by atomic mass is 9.92. The summed E-state index contributed by atoms with van der Waals surface area (Å²) in [6, 6.07) is 0.734. The van der Waals surface area contributed by atoms with Crippen molar-refractivity contribution in [2.24, 2.45) is 0 Å². The summed E-state index contributed by atoms with van der Waals surface area (Å²) in [5.74, 6) is 0. The van der Waals surface area contributed by atoms with Crippen LogP contribution in [0, 0.1) is 0 Å². The molecule has 0 aromatic rings. The Morgan fingerprint density at radius 1 is 1.26 bits per heavy atom. The lowest BCUT2D eigenvalue weighted by Crippen LogP contribution is -2.43. The summed E-state index contributed by atoms with van der Waals surface area (Å²) in [5.41, 5.74) is -0.463. The maximum Gasteiger partial charge on any atom is 0.407 e. The van der Waals surface area contributed by atoms with Crippen LogP contribution in [-0.4, -0.2) is 55.2 Å². The molecular weight excluding hydrogens is 296 g/mol. The molecule has 6 heteroatoms. The number of aliphatic hydroxyl groups excluding tert-OH is 1.